The van der Waals surface area contributed by atoms with Crippen molar-refractivity contribution < 1.29 is 4.79 Å². The van der Waals surface area contributed by atoms with Crippen molar-refractivity contribution in [1.29, 1.82) is 0 Å². The van der Waals surface area contributed by atoms with Gasteiger partial charge in [0.05, 0.1) is 6.33 Å². The number of aromatic nitrogens is 2. The predicted molar refractivity (Wildman–Crippen MR) is 83.6 cm³/mol. The highest BCUT2D eigenvalue weighted by Gasteiger charge is 2.25. The molecule has 3 rings (SSSR count). The highest BCUT2D eigenvalue weighted by atomic mass is 16.2. The summed E-state index contributed by atoms with van der Waals surface area (Å²) >= 11 is 0. The van der Waals surface area contributed by atoms with Gasteiger partial charge in [0.15, 0.2) is 0 Å². The molecule has 0 bridgehead atoms. The Morgan fingerprint density at radius 3 is 2.64 bits per heavy atom. The first-order chi connectivity index (χ1) is 10.7. The number of carbonyl (C=O) groups excluding carboxylic acids is 1. The molecule has 1 saturated carbocycles. The van der Waals surface area contributed by atoms with Crippen LogP contribution in [0.4, 0.5) is 4.79 Å². The van der Waals surface area contributed by atoms with Crippen LogP contribution in [0.3, 0.4) is 0 Å². The summed E-state index contributed by atoms with van der Waals surface area (Å²) in [5.74, 6) is 0.442. The molecule has 0 spiro atoms. The molecule has 1 saturated heterocycles. The van der Waals surface area contributed by atoms with Crippen molar-refractivity contribution in [3.05, 3.63) is 28.9 Å². The summed E-state index contributed by atoms with van der Waals surface area (Å²) in [5, 5.41) is 3.14. The van der Waals surface area contributed by atoms with Crippen LogP contribution in [0.25, 0.3) is 0 Å². The molecule has 1 aliphatic carbocycles. The maximum atomic E-state index is 12.2. The lowest BCUT2D eigenvalue weighted by Gasteiger charge is -2.33. The summed E-state index contributed by atoms with van der Waals surface area (Å²) in [6, 6.07) is 1.95. The van der Waals surface area contributed by atoms with Crippen LogP contribution < -0.4 is 10.9 Å². The summed E-state index contributed by atoms with van der Waals surface area (Å²) in [5.41, 5.74) is -0.00333. The smallest absolute Gasteiger partial charge is 0.317 e. The molecular formula is C16H24N4O2. The van der Waals surface area contributed by atoms with Crippen molar-refractivity contribution in [3.8, 4) is 0 Å². The van der Waals surface area contributed by atoms with Gasteiger partial charge in [-0.1, -0.05) is 12.8 Å². The largest absolute Gasteiger partial charge is 0.335 e. The van der Waals surface area contributed by atoms with Gasteiger partial charge in [-0.3, -0.25) is 9.36 Å². The zero-order valence-corrected chi connectivity index (χ0v) is 12.9. The molecule has 0 atom stereocenters. The van der Waals surface area contributed by atoms with E-state index in [0.717, 1.165) is 38.8 Å². The van der Waals surface area contributed by atoms with E-state index in [-0.39, 0.29) is 11.6 Å². The molecule has 1 aromatic rings. The van der Waals surface area contributed by atoms with Gasteiger partial charge >= 0.3 is 6.03 Å². The summed E-state index contributed by atoms with van der Waals surface area (Å²) in [4.78, 5) is 29.8. The molecule has 120 valence electrons. The van der Waals surface area contributed by atoms with Gasteiger partial charge in [0.1, 0.15) is 0 Å². The first-order valence-electron chi connectivity index (χ1n) is 8.28. The minimum atomic E-state index is -0.00333. The number of nitrogens with zero attached hydrogens (tertiary/aromatic N) is 3. The van der Waals surface area contributed by atoms with Crippen molar-refractivity contribution in [2.75, 3.05) is 13.1 Å². The second kappa shape index (κ2) is 6.94. The van der Waals surface area contributed by atoms with Gasteiger partial charge in [-0.15, -0.1) is 0 Å². The fourth-order valence-electron chi connectivity index (χ4n) is 3.45. The fourth-order valence-corrected chi connectivity index (χ4v) is 3.45. The summed E-state index contributed by atoms with van der Waals surface area (Å²) < 4.78 is 1.67. The standard InChI is InChI=1S/C16H24N4O2/c21-15-5-8-17-12-20(15)11-13-6-9-19(10-7-13)16(22)18-14-3-1-2-4-14/h5,8,12-14H,1-4,6-7,9-11H2,(H,18,22). The Hall–Kier alpha value is -1.85. The molecule has 2 fully saturated rings. The Morgan fingerprint density at radius 1 is 1.23 bits per heavy atom. The Balaban J connectivity index is 1.46. The van der Waals surface area contributed by atoms with Crippen LogP contribution in [0.15, 0.2) is 23.4 Å². The van der Waals surface area contributed by atoms with Crippen LogP contribution in [-0.2, 0) is 6.54 Å². The van der Waals surface area contributed by atoms with E-state index >= 15 is 0 Å². The van der Waals surface area contributed by atoms with Crippen molar-refractivity contribution in [2.45, 2.75) is 51.1 Å². The third-order valence-corrected chi connectivity index (χ3v) is 4.83. The first kappa shape index (κ1) is 15.1. The van der Waals surface area contributed by atoms with Crippen LogP contribution in [0.5, 0.6) is 0 Å². The second-order valence-corrected chi connectivity index (χ2v) is 6.43. The van der Waals surface area contributed by atoms with Crippen molar-refractivity contribution in [1.82, 2.24) is 19.8 Å². The number of hydrogen-bond acceptors (Lipinski definition) is 3. The number of rotatable bonds is 3. The highest BCUT2D eigenvalue weighted by Crippen LogP contribution is 2.21. The minimum absolute atomic E-state index is 0.00333. The second-order valence-electron chi connectivity index (χ2n) is 6.43. The SMILES string of the molecule is O=C(NC1CCCC1)N1CCC(Cn2cnccc2=O)CC1. The predicted octanol–water partition coefficient (Wildman–Crippen LogP) is 1.61. The maximum Gasteiger partial charge on any atom is 0.317 e. The number of amides is 2. The van der Waals surface area contributed by atoms with Crippen molar-refractivity contribution in [2.24, 2.45) is 5.92 Å². The molecule has 1 N–H and O–H groups in total. The Bertz CT molecular complexity index is 557. The summed E-state index contributed by atoms with van der Waals surface area (Å²) in [6.45, 7) is 2.25. The molecule has 0 aromatic carbocycles. The van der Waals surface area contributed by atoms with Crippen molar-refractivity contribution >= 4 is 6.03 Å². The van der Waals surface area contributed by atoms with Crippen LogP contribution in [0.2, 0.25) is 0 Å². The molecular weight excluding hydrogens is 280 g/mol. The normalized spacial score (nSPS) is 20.3. The van der Waals surface area contributed by atoms with E-state index in [2.05, 4.69) is 10.3 Å². The lowest BCUT2D eigenvalue weighted by molar-refractivity contribution is 0.162. The monoisotopic (exact) mass is 304 g/mol. The van der Waals surface area contributed by atoms with Gasteiger partial charge in [0.25, 0.3) is 5.56 Å². The van der Waals surface area contributed by atoms with E-state index in [1.807, 2.05) is 4.90 Å². The summed E-state index contributed by atoms with van der Waals surface area (Å²) in [6.07, 6.45) is 9.70. The van der Waals surface area contributed by atoms with E-state index < -0.39 is 0 Å². The van der Waals surface area contributed by atoms with Crippen LogP contribution in [-0.4, -0.2) is 39.6 Å². The molecule has 1 aromatic heterocycles. The van der Waals surface area contributed by atoms with E-state index in [4.69, 9.17) is 0 Å². The van der Waals surface area contributed by atoms with Gasteiger partial charge in [-0.2, -0.15) is 0 Å². The Kier molecular flexibility index (Phi) is 4.75. The Labute approximate surface area is 130 Å². The molecule has 6 nitrogen and oxygen atoms in total. The lowest BCUT2D eigenvalue weighted by Crippen LogP contribution is -2.47. The molecule has 22 heavy (non-hydrogen) atoms. The zero-order chi connectivity index (χ0) is 15.4. The molecule has 2 amide bonds. The Morgan fingerprint density at radius 2 is 1.95 bits per heavy atom. The van der Waals surface area contributed by atoms with Gasteiger partial charge in [0, 0.05) is 37.9 Å². The topological polar surface area (TPSA) is 67.2 Å². The van der Waals surface area contributed by atoms with Crippen LogP contribution in [0.1, 0.15) is 38.5 Å². The van der Waals surface area contributed by atoms with E-state index in [1.54, 1.807) is 10.9 Å². The number of carbonyl (C=O) groups is 1. The van der Waals surface area contributed by atoms with Crippen LogP contribution in [0, 0.1) is 5.92 Å². The lowest BCUT2D eigenvalue weighted by atomic mass is 9.97. The molecule has 0 radical (unpaired) electrons. The summed E-state index contributed by atoms with van der Waals surface area (Å²) in [7, 11) is 0. The molecule has 0 unspecified atom stereocenters. The van der Waals surface area contributed by atoms with Gasteiger partial charge in [-0.25, -0.2) is 9.78 Å². The van der Waals surface area contributed by atoms with Gasteiger partial charge in [-0.05, 0) is 31.6 Å². The molecule has 2 heterocycles. The van der Waals surface area contributed by atoms with Crippen LogP contribution >= 0.6 is 0 Å². The fraction of sp³-hybridized carbons (Fsp3) is 0.688. The maximum absolute atomic E-state index is 12.2. The van der Waals surface area contributed by atoms with E-state index in [0.29, 0.717) is 18.5 Å². The zero-order valence-electron chi connectivity index (χ0n) is 12.9. The molecule has 2 aliphatic rings. The van der Waals surface area contributed by atoms with E-state index in [1.165, 1.54) is 25.1 Å². The third-order valence-electron chi connectivity index (χ3n) is 4.83. The van der Waals surface area contributed by atoms with Gasteiger partial charge < -0.3 is 10.2 Å². The average molecular weight is 304 g/mol. The quantitative estimate of drug-likeness (QED) is 0.922. The number of piperidine rings is 1. The first-order valence-corrected chi connectivity index (χ1v) is 8.28. The van der Waals surface area contributed by atoms with Crippen molar-refractivity contribution in [3.63, 3.8) is 0 Å². The highest BCUT2D eigenvalue weighted by molar-refractivity contribution is 5.74. The number of hydrogen-bond donors (Lipinski definition) is 1. The third kappa shape index (κ3) is 3.67. The number of likely N-dealkylation sites (tertiary alicyclic amines) is 1. The van der Waals surface area contributed by atoms with Gasteiger partial charge in [0.2, 0.25) is 0 Å². The molecule has 1 aliphatic heterocycles. The number of nitrogens with one attached hydrogen (secondary N) is 1. The number of urea groups is 1. The minimum Gasteiger partial charge on any atom is -0.335 e. The van der Waals surface area contributed by atoms with E-state index in [9.17, 15) is 9.59 Å². The average Bonchev–Trinajstić information content (AvgIpc) is 3.03. The molecule has 6 heteroatoms.